The summed E-state index contributed by atoms with van der Waals surface area (Å²) < 4.78 is 10.9. The molecule has 7 heteroatoms. The summed E-state index contributed by atoms with van der Waals surface area (Å²) in [6.07, 6.45) is 1.33. The van der Waals surface area contributed by atoms with E-state index >= 15 is 0 Å². The van der Waals surface area contributed by atoms with Gasteiger partial charge in [0.2, 0.25) is 6.79 Å². The van der Waals surface area contributed by atoms with E-state index in [9.17, 15) is 19.8 Å². The number of carboxylic acid groups (broad SMARTS) is 1. The van der Waals surface area contributed by atoms with Gasteiger partial charge in [-0.25, -0.2) is 4.79 Å². The summed E-state index contributed by atoms with van der Waals surface area (Å²) in [5.41, 5.74) is 3.55. The summed E-state index contributed by atoms with van der Waals surface area (Å²) in [6.45, 7) is 2.07. The van der Waals surface area contributed by atoms with Gasteiger partial charge in [-0.15, -0.1) is 0 Å². The average molecular weight is 433 g/mol. The maximum atomic E-state index is 13.4. The molecular weight excluding hydrogens is 410 g/mol. The number of benzene rings is 2. The van der Waals surface area contributed by atoms with Crippen molar-refractivity contribution in [3.63, 3.8) is 0 Å². The molecule has 1 aliphatic carbocycles. The molecule has 0 aromatic heterocycles. The number of fused-ring (bicyclic) bond motifs is 1. The van der Waals surface area contributed by atoms with E-state index in [1.54, 1.807) is 12.1 Å². The number of rotatable bonds is 4. The Balaban J connectivity index is 1.58. The van der Waals surface area contributed by atoms with Crippen molar-refractivity contribution in [2.75, 3.05) is 6.79 Å². The number of carboxylic acids is 1. The number of Topliss-reactive ketones (excluding diaryl/α,β-unsaturated/α-hetero) is 1. The van der Waals surface area contributed by atoms with Crippen LogP contribution in [0.5, 0.6) is 17.2 Å². The number of hydrogen-bond donors (Lipinski definition) is 3. The largest absolute Gasteiger partial charge is 0.508 e. The molecule has 2 aromatic rings. The molecule has 7 nitrogen and oxygen atoms in total. The fourth-order valence-corrected chi connectivity index (χ4v) is 4.92. The zero-order chi connectivity index (χ0) is 22.4. The number of phenols is 1. The molecule has 32 heavy (non-hydrogen) atoms. The van der Waals surface area contributed by atoms with E-state index in [1.807, 2.05) is 25.1 Å². The smallest absolute Gasteiger partial charge is 0.334 e. The van der Waals surface area contributed by atoms with E-state index in [1.165, 1.54) is 12.1 Å². The molecule has 164 valence electrons. The minimum Gasteiger partial charge on any atom is -0.508 e. The van der Waals surface area contributed by atoms with Crippen molar-refractivity contribution < 1.29 is 29.3 Å². The lowest BCUT2D eigenvalue weighted by molar-refractivity contribution is -0.133. The van der Waals surface area contributed by atoms with Crippen molar-refractivity contribution in [2.24, 2.45) is 0 Å². The Morgan fingerprint density at radius 3 is 2.66 bits per heavy atom. The second-order valence-electron chi connectivity index (χ2n) is 8.24. The van der Waals surface area contributed by atoms with Crippen LogP contribution in [0.25, 0.3) is 0 Å². The molecule has 2 aromatic carbocycles. The Kier molecular flexibility index (Phi) is 4.89. The number of carbonyl (C=O) groups is 2. The van der Waals surface area contributed by atoms with Gasteiger partial charge >= 0.3 is 5.97 Å². The molecule has 0 amide bonds. The SMILES string of the molecule is CCC1=C(C(=O)O)C(c2cccc(O)c2)C2=C(CC(c3ccc4c(c3)OCO4)CC2=O)N1. The quantitative estimate of drug-likeness (QED) is 0.670. The van der Waals surface area contributed by atoms with Crippen molar-refractivity contribution in [1.29, 1.82) is 0 Å². The van der Waals surface area contributed by atoms with Gasteiger partial charge in [0.1, 0.15) is 5.75 Å². The number of hydrogen-bond acceptors (Lipinski definition) is 6. The van der Waals surface area contributed by atoms with Crippen LogP contribution in [0.4, 0.5) is 0 Å². The summed E-state index contributed by atoms with van der Waals surface area (Å²) in [5, 5.41) is 23.3. The lowest BCUT2D eigenvalue weighted by Crippen LogP contribution is -2.36. The summed E-state index contributed by atoms with van der Waals surface area (Å²) in [7, 11) is 0. The van der Waals surface area contributed by atoms with Gasteiger partial charge in [-0.2, -0.15) is 0 Å². The van der Waals surface area contributed by atoms with Crippen molar-refractivity contribution >= 4 is 11.8 Å². The topological polar surface area (TPSA) is 105 Å². The van der Waals surface area contributed by atoms with E-state index in [-0.39, 0.29) is 36.2 Å². The van der Waals surface area contributed by atoms with E-state index < -0.39 is 11.9 Å². The predicted molar refractivity (Wildman–Crippen MR) is 116 cm³/mol. The molecule has 0 radical (unpaired) electrons. The van der Waals surface area contributed by atoms with Gasteiger partial charge in [0, 0.05) is 29.3 Å². The van der Waals surface area contributed by atoms with Gasteiger partial charge in [0.25, 0.3) is 0 Å². The number of ketones is 1. The predicted octanol–water partition coefficient (Wildman–Crippen LogP) is 3.96. The van der Waals surface area contributed by atoms with Crippen molar-refractivity contribution in [3.05, 3.63) is 76.1 Å². The van der Waals surface area contributed by atoms with Crippen LogP contribution >= 0.6 is 0 Å². The first-order valence-corrected chi connectivity index (χ1v) is 10.6. The molecule has 3 aliphatic rings. The number of phenolic OH excluding ortho intramolecular Hbond substituents is 1. The van der Waals surface area contributed by atoms with Gasteiger partial charge in [0.05, 0.1) is 5.57 Å². The van der Waals surface area contributed by atoms with Crippen LogP contribution in [0.2, 0.25) is 0 Å². The van der Waals surface area contributed by atoms with Crippen LogP contribution in [0.3, 0.4) is 0 Å². The molecule has 0 saturated carbocycles. The number of aromatic hydroxyl groups is 1. The van der Waals surface area contributed by atoms with Gasteiger partial charge in [0.15, 0.2) is 17.3 Å². The zero-order valence-electron chi connectivity index (χ0n) is 17.6. The third-order valence-corrected chi connectivity index (χ3v) is 6.37. The summed E-state index contributed by atoms with van der Waals surface area (Å²) >= 11 is 0. The van der Waals surface area contributed by atoms with E-state index in [0.29, 0.717) is 41.2 Å². The van der Waals surface area contributed by atoms with Gasteiger partial charge < -0.3 is 25.0 Å². The fourth-order valence-electron chi connectivity index (χ4n) is 4.92. The number of ether oxygens (including phenoxy) is 2. The highest BCUT2D eigenvalue weighted by Gasteiger charge is 2.41. The first-order valence-electron chi connectivity index (χ1n) is 10.6. The summed E-state index contributed by atoms with van der Waals surface area (Å²) in [6, 6.07) is 12.2. The van der Waals surface area contributed by atoms with Gasteiger partial charge in [-0.3, -0.25) is 4.79 Å². The maximum Gasteiger partial charge on any atom is 0.334 e. The monoisotopic (exact) mass is 433 g/mol. The first kappa shape index (κ1) is 20.2. The second kappa shape index (κ2) is 7.75. The number of aliphatic carboxylic acids is 1. The van der Waals surface area contributed by atoms with Crippen LogP contribution in [0.1, 0.15) is 49.1 Å². The van der Waals surface area contributed by atoms with Crippen LogP contribution in [-0.4, -0.2) is 28.8 Å². The van der Waals surface area contributed by atoms with Crippen LogP contribution in [0.15, 0.2) is 65.0 Å². The van der Waals surface area contributed by atoms with Crippen LogP contribution in [-0.2, 0) is 9.59 Å². The fraction of sp³-hybridized carbons (Fsp3) is 0.280. The lowest BCUT2D eigenvalue weighted by Gasteiger charge is -2.37. The van der Waals surface area contributed by atoms with Crippen molar-refractivity contribution in [1.82, 2.24) is 5.32 Å². The second-order valence-corrected chi connectivity index (χ2v) is 8.24. The summed E-state index contributed by atoms with van der Waals surface area (Å²) in [5.74, 6) is -0.547. The Bertz CT molecular complexity index is 1190. The van der Waals surface area contributed by atoms with Gasteiger partial charge in [-0.05, 0) is 54.2 Å². The highest BCUT2D eigenvalue weighted by molar-refractivity contribution is 6.04. The molecule has 2 heterocycles. The number of allylic oxidation sites excluding steroid dienone is 3. The molecule has 3 N–H and O–H groups in total. The van der Waals surface area contributed by atoms with Gasteiger partial charge in [-0.1, -0.05) is 25.1 Å². The zero-order valence-corrected chi connectivity index (χ0v) is 17.6. The first-order chi connectivity index (χ1) is 15.5. The minimum atomic E-state index is -1.07. The third kappa shape index (κ3) is 3.30. The number of dihydropyridines is 1. The lowest BCUT2D eigenvalue weighted by atomic mass is 9.71. The third-order valence-electron chi connectivity index (χ3n) is 6.37. The average Bonchev–Trinajstić information content (AvgIpc) is 3.25. The maximum absolute atomic E-state index is 13.4. The number of nitrogens with one attached hydrogen (secondary N) is 1. The molecule has 0 fully saturated rings. The highest BCUT2D eigenvalue weighted by Crippen LogP contribution is 2.47. The summed E-state index contributed by atoms with van der Waals surface area (Å²) in [4.78, 5) is 25.7. The highest BCUT2D eigenvalue weighted by atomic mass is 16.7. The normalized spacial score (nSPS) is 22.0. The molecule has 0 saturated heterocycles. The standard InChI is InChI=1S/C25H23NO6/c1-2-17-24(25(29)30)22(14-4-3-5-16(27)8-14)23-18(26-17)9-15(10-19(23)28)13-6-7-20-21(11-13)32-12-31-20/h3-8,11,15,22,26-27H,2,9-10,12H2,1H3,(H,29,30). The Morgan fingerprint density at radius 2 is 1.91 bits per heavy atom. The Morgan fingerprint density at radius 1 is 1.09 bits per heavy atom. The molecule has 0 bridgehead atoms. The van der Waals surface area contributed by atoms with E-state index in [4.69, 9.17) is 9.47 Å². The van der Waals surface area contributed by atoms with Crippen LogP contribution < -0.4 is 14.8 Å². The molecule has 0 spiro atoms. The van der Waals surface area contributed by atoms with Crippen molar-refractivity contribution in [2.45, 2.75) is 38.0 Å². The van der Waals surface area contributed by atoms with E-state index in [2.05, 4.69) is 5.32 Å². The Hall–Kier alpha value is -3.74. The van der Waals surface area contributed by atoms with Crippen molar-refractivity contribution in [3.8, 4) is 17.2 Å². The molecule has 2 unspecified atom stereocenters. The molecular formula is C25H23NO6. The molecule has 5 rings (SSSR count). The Labute approximate surface area is 185 Å². The molecule has 2 aliphatic heterocycles. The molecule has 2 atom stereocenters. The minimum absolute atomic E-state index is 0.0347. The van der Waals surface area contributed by atoms with Crippen LogP contribution in [0, 0.1) is 0 Å². The number of carbonyl (C=O) groups excluding carboxylic acids is 1. The van der Waals surface area contributed by atoms with E-state index in [0.717, 1.165) is 11.3 Å².